The molecule has 0 bridgehead atoms. The van der Waals surface area contributed by atoms with E-state index in [2.05, 4.69) is 10.6 Å². The molecule has 5 heteroatoms. The van der Waals surface area contributed by atoms with E-state index in [1.54, 1.807) is 20.1 Å². The normalized spacial score (nSPS) is 24.6. The second kappa shape index (κ2) is 4.67. The maximum Gasteiger partial charge on any atom is 0.255 e. The van der Waals surface area contributed by atoms with Crippen LogP contribution in [0.3, 0.4) is 0 Å². The predicted molar refractivity (Wildman–Crippen MR) is 58.4 cm³/mol. The van der Waals surface area contributed by atoms with Gasteiger partial charge in [0.2, 0.25) is 0 Å². The fourth-order valence-electron chi connectivity index (χ4n) is 1.91. The summed E-state index contributed by atoms with van der Waals surface area (Å²) in [5, 5.41) is 6.11. The van der Waals surface area contributed by atoms with Crippen molar-refractivity contribution in [3.63, 3.8) is 0 Å². The molecule has 0 aromatic carbocycles. The number of furan rings is 1. The lowest BCUT2D eigenvalue weighted by atomic mass is 10.2. The summed E-state index contributed by atoms with van der Waals surface area (Å²) in [6.45, 7) is 3.28. The first-order valence-corrected chi connectivity index (χ1v) is 5.31. The summed E-state index contributed by atoms with van der Waals surface area (Å²) < 4.78 is 10.4. The molecule has 2 atom stereocenters. The van der Waals surface area contributed by atoms with Crippen molar-refractivity contribution in [3.05, 3.63) is 23.7 Å². The van der Waals surface area contributed by atoms with Gasteiger partial charge in [0, 0.05) is 20.2 Å². The largest absolute Gasteiger partial charge is 0.469 e. The number of hydrogen-bond donors (Lipinski definition) is 2. The minimum atomic E-state index is -0.109. The Morgan fingerprint density at radius 3 is 3.06 bits per heavy atom. The van der Waals surface area contributed by atoms with Gasteiger partial charge in [-0.1, -0.05) is 0 Å². The summed E-state index contributed by atoms with van der Waals surface area (Å²) in [5.74, 6) is 0.527. The van der Waals surface area contributed by atoms with Crippen LogP contribution in [0.4, 0.5) is 0 Å². The zero-order valence-electron chi connectivity index (χ0n) is 9.45. The lowest BCUT2D eigenvalue weighted by Gasteiger charge is -2.18. The average Bonchev–Trinajstić information content (AvgIpc) is 2.86. The molecule has 0 saturated carbocycles. The van der Waals surface area contributed by atoms with Gasteiger partial charge in [0.05, 0.1) is 24.0 Å². The van der Waals surface area contributed by atoms with Crippen molar-refractivity contribution in [1.82, 2.24) is 10.6 Å². The quantitative estimate of drug-likeness (QED) is 0.775. The third-order valence-corrected chi connectivity index (χ3v) is 2.88. The zero-order chi connectivity index (χ0) is 11.5. The third-order valence-electron chi connectivity index (χ3n) is 2.88. The lowest BCUT2D eigenvalue weighted by Crippen LogP contribution is -2.43. The van der Waals surface area contributed by atoms with Gasteiger partial charge in [-0.15, -0.1) is 0 Å². The summed E-state index contributed by atoms with van der Waals surface area (Å²) in [6, 6.07) is 1.70. The van der Waals surface area contributed by atoms with Gasteiger partial charge in [-0.3, -0.25) is 4.79 Å². The summed E-state index contributed by atoms with van der Waals surface area (Å²) >= 11 is 0. The molecule has 1 fully saturated rings. The second-order valence-corrected chi connectivity index (χ2v) is 3.90. The van der Waals surface area contributed by atoms with Gasteiger partial charge in [-0.05, 0) is 13.0 Å². The van der Waals surface area contributed by atoms with Gasteiger partial charge in [0.1, 0.15) is 5.76 Å². The van der Waals surface area contributed by atoms with Crippen LogP contribution < -0.4 is 10.6 Å². The standard InChI is InChI=1S/C11H16N2O3/c1-7-8(3-4-16-7)11(14)13-9-5-12-6-10(9)15-2/h3-4,9-10,12H,5-6H2,1-2H3,(H,13,14). The molecule has 1 amide bonds. The summed E-state index contributed by atoms with van der Waals surface area (Å²) in [6.07, 6.45) is 1.56. The Balaban J connectivity index is 2.00. The topological polar surface area (TPSA) is 63.5 Å². The number of carbonyl (C=O) groups is 1. The van der Waals surface area contributed by atoms with E-state index in [-0.39, 0.29) is 18.1 Å². The summed E-state index contributed by atoms with van der Waals surface area (Å²) in [7, 11) is 1.65. The molecule has 1 aromatic heterocycles. The van der Waals surface area contributed by atoms with E-state index in [1.807, 2.05) is 0 Å². The van der Waals surface area contributed by atoms with Gasteiger partial charge in [0.25, 0.3) is 5.91 Å². The van der Waals surface area contributed by atoms with E-state index in [1.165, 1.54) is 6.26 Å². The van der Waals surface area contributed by atoms with Crippen LogP contribution in [0.25, 0.3) is 0 Å². The number of hydrogen-bond acceptors (Lipinski definition) is 4. The van der Waals surface area contributed by atoms with Crippen LogP contribution in [0.15, 0.2) is 16.7 Å². The number of ether oxygens (including phenoxy) is 1. The number of aryl methyl sites for hydroxylation is 1. The first-order valence-electron chi connectivity index (χ1n) is 5.31. The predicted octanol–water partition coefficient (Wildman–Crippen LogP) is 0.305. The Labute approximate surface area is 94.1 Å². The molecule has 1 aromatic rings. The first-order chi connectivity index (χ1) is 7.72. The van der Waals surface area contributed by atoms with E-state index in [4.69, 9.17) is 9.15 Å². The minimum absolute atomic E-state index is 0.0202. The highest BCUT2D eigenvalue weighted by atomic mass is 16.5. The third kappa shape index (κ3) is 2.10. The molecular weight excluding hydrogens is 208 g/mol. The molecule has 1 aliphatic rings. The molecule has 0 aliphatic carbocycles. The zero-order valence-corrected chi connectivity index (χ0v) is 9.45. The summed E-state index contributed by atoms with van der Waals surface area (Å²) in [4.78, 5) is 11.9. The van der Waals surface area contributed by atoms with Crippen molar-refractivity contribution in [3.8, 4) is 0 Å². The van der Waals surface area contributed by atoms with Crippen LogP contribution in [-0.4, -0.2) is 38.3 Å². The lowest BCUT2D eigenvalue weighted by molar-refractivity contribution is 0.0779. The van der Waals surface area contributed by atoms with Gasteiger partial charge in [0.15, 0.2) is 0 Å². The maximum absolute atomic E-state index is 11.9. The van der Waals surface area contributed by atoms with E-state index in [0.29, 0.717) is 11.3 Å². The van der Waals surface area contributed by atoms with Crippen molar-refractivity contribution in [2.75, 3.05) is 20.2 Å². The fraction of sp³-hybridized carbons (Fsp3) is 0.545. The molecular formula is C11H16N2O3. The smallest absolute Gasteiger partial charge is 0.255 e. The highest BCUT2D eigenvalue weighted by Crippen LogP contribution is 2.10. The molecule has 16 heavy (non-hydrogen) atoms. The number of carbonyl (C=O) groups excluding carboxylic acids is 1. The molecule has 1 aliphatic heterocycles. The Bertz CT molecular complexity index is 375. The van der Waals surface area contributed by atoms with Crippen LogP contribution in [-0.2, 0) is 4.74 Å². The molecule has 2 heterocycles. The first kappa shape index (κ1) is 11.2. The van der Waals surface area contributed by atoms with E-state index in [9.17, 15) is 4.79 Å². The van der Waals surface area contributed by atoms with Crippen LogP contribution in [0.5, 0.6) is 0 Å². The molecule has 2 N–H and O–H groups in total. The Morgan fingerprint density at radius 2 is 2.44 bits per heavy atom. The van der Waals surface area contributed by atoms with Crippen LogP contribution in [0, 0.1) is 6.92 Å². The van der Waals surface area contributed by atoms with Gasteiger partial charge in [-0.25, -0.2) is 0 Å². The van der Waals surface area contributed by atoms with E-state index >= 15 is 0 Å². The second-order valence-electron chi connectivity index (χ2n) is 3.90. The van der Waals surface area contributed by atoms with Crippen molar-refractivity contribution in [2.24, 2.45) is 0 Å². The van der Waals surface area contributed by atoms with Crippen molar-refractivity contribution >= 4 is 5.91 Å². The van der Waals surface area contributed by atoms with Gasteiger partial charge >= 0.3 is 0 Å². The highest BCUT2D eigenvalue weighted by molar-refractivity contribution is 5.95. The molecule has 0 spiro atoms. The van der Waals surface area contributed by atoms with Gasteiger partial charge < -0.3 is 19.8 Å². The van der Waals surface area contributed by atoms with Crippen molar-refractivity contribution < 1.29 is 13.9 Å². The number of methoxy groups -OCH3 is 1. The molecule has 0 radical (unpaired) electrons. The molecule has 2 unspecified atom stereocenters. The average molecular weight is 224 g/mol. The van der Waals surface area contributed by atoms with Crippen LogP contribution in [0.2, 0.25) is 0 Å². The van der Waals surface area contributed by atoms with Crippen LogP contribution >= 0.6 is 0 Å². The molecule has 1 saturated heterocycles. The van der Waals surface area contributed by atoms with Crippen molar-refractivity contribution in [2.45, 2.75) is 19.1 Å². The maximum atomic E-state index is 11.9. The highest BCUT2D eigenvalue weighted by Gasteiger charge is 2.28. The monoisotopic (exact) mass is 224 g/mol. The van der Waals surface area contributed by atoms with E-state index in [0.717, 1.165) is 13.1 Å². The Kier molecular flexibility index (Phi) is 3.26. The minimum Gasteiger partial charge on any atom is -0.469 e. The fourth-order valence-corrected chi connectivity index (χ4v) is 1.91. The molecule has 5 nitrogen and oxygen atoms in total. The number of rotatable bonds is 3. The van der Waals surface area contributed by atoms with Crippen molar-refractivity contribution in [1.29, 1.82) is 0 Å². The molecule has 2 rings (SSSR count). The Hall–Kier alpha value is -1.33. The number of amides is 1. The Morgan fingerprint density at radius 1 is 1.62 bits per heavy atom. The summed E-state index contributed by atoms with van der Waals surface area (Å²) in [5.41, 5.74) is 0.585. The molecule has 88 valence electrons. The van der Waals surface area contributed by atoms with Crippen LogP contribution in [0.1, 0.15) is 16.1 Å². The number of nitrogens with one attached hydrogen (secondary N) is 2. The van der Waals surface area contributed by atoms with E-state index < -0.39 is 0 Å². The SMILES string of the molecule is COC1CNCC1NC(=O)c1ccoc1C. The van der Waals surface area contributed by atoms with Gasteiger partial charge in [-0.2, -0.15) is 0 Å².